The molecule has 5 rings (SSSR count). The second-order valence-corrected chi connectivity index (χ2v) is 11.4. The van der Waals surface area contributed by atoms with Gasteiger partial charge in [0.15, 0.2) is 0 Å². The molecule has 2 aliphatic heterocycles. The largest absolute Gasteiger partial charge is 0.315 e. The Morgan fingerprint density at radius 2 is 1.63 bits per heavy atom. The van der Waals surface area contributed by atoms with Crippen LogP contribution >= 0.6 is 7.44 Å². The fourth-order valence-electron chi connectivity index (χ4n) is 4.91. The Kier molecular flexibility index (Phi) is 4.76. The van der Waals surface area contributed by atoms with Gasteiger partial charge >= 0.3 is 7.44 Å². The van der Waals surface area contributed by atoms with Gasteiger partial charge in [-0.1, -0.05) is 56.3 Å². The molecule has 0 bridgehead atoms. The maximum Gasteiger partial charge on any atom is 0.315 e. The molecule has 3 aliphatic rings. The molecule has 0 amide bonds. The smallest absolute Gasteiger partial charge is 0.315 e. The van der Waals surface area contributed by atoms with Crippen molar-refractivity contribution in [3.8, 4) is 0 Å². The summed E-state index contributed by atoms with van der Waals surface area (Å²) in [6.07, 6.45) is 5.67. The first-order valence-electron chi connectivity index (χ1n) is 10.8. The monoisotopic (exact) mass is 421 g/mol. The summed E-state index contributed by atoms with van der Waals surface area (Å²) in [5, 5.41) is 4.43. The molecular formula is C24H30N4OP+. The number of likely N-dealkylation sites (tertiary alicyclic amines) is 1. The fraction of sp³-hybridized carbons (Fsp3) is 0.333. The minimum Gasteiger partial charge on any atom is -0.315 e. The first-order valence-corrected chi connectivity index (χ1v) is 12.5. The van der Waals surface area contributed by atoms with Crippen molar-refractivity contribution in [1.82, 2.24) is 5.43 Å². The SMILES string of the molecule is CC1(C)C=C2NN(c3ccccc3)[P@@](=O)(Nc3ccccc3)C2=C([NH+]2CCCC2)C1. The topological polar surface area (TPSA) is 48.8 Å². The highest BCUT2D eigenvalue weighted by Crippen LogP contribution is 2.65. The van der Waals surface area contributed by atoms with Gasteiger partial charge in [-0.2, -0.15) is 0 Å². The molecule has 156 valence electrons. The summed E-state index contributed by atoms with van der Waals surface area (Å²) in [5.74, 6) is 0. The lowest BCUT2D eigenvalue weighted by atomic mass is 9.83. The molecule has 6 heteroatoms. The van der Waals surface area contributed by atoms with Gasteiger partial charge in [-0.3, -0.25) is 9.99 Å². The first kappa shape index (κ1) is 19.5. The maximum absolute atomic E-state index is 14.9. The summed E-state index contributed by atoms with van der Waals surface area (Å²) >= 11 is 0. The predicted molar refractivity (Wildman–Crippen MR) is 123 cm³/mol. The second kappa shape index (κ2) is 7.33. The average molecular weight is 422 g/mol. The van der Waals surface area contributed by atoms with Gasteiger partial charge in [-0.25, -0.2) is 4.78 Å². The van der Waals surface area contributed by atoms with Crippen LogP contribution in [0.4, 0.5) is 11.4 Å². The zero-order valence-corrected chi connectivity index (χ0v) is 18.6. The van der Waals surface area contributed by atoms with Crippen LogP contribution in [0, 0.1) is 5.41 Å². The highest BCUT2D eigenvalue weighted by molar-refractivity contribution is 7.71. The van der Waals surface area contributed by atoms with E-state index in [0.717, 1.165) is 41.9 Å². The van der Waals surface area contributed by atoms with Gasteiger partial charge in [0.2, 0.25) is 0 Å². The molecule has 30 heavy (non-hydrogen) atoms. The number of rotatable bonds is 4. The molecule has 1 aliphatic carbocycles. The molecule has 3 N–H and O–H groups in total. The van der Waals surface area contributed by atoms with Crippen LogP contribution in [-0.2, 0) is 4.57 Å². The number of allylic oxidation sites excluding steroid dienone is 3. The van der Waals surface area contributed by atoms with Gasteiger partial charge in [0.25, 0.3) is 0 Å². The lowest BCUT2D eigenvalue weighted by Gasteiger charge is -2.31. The minimum absolute atomic E-state index is 0.0288. The average Bonchev–Trinajstić information content (AvgIpc) is 3.35. The first-order chi connectivity index (χ1) is 14.5. The number of quaternary nitrogens is 1. The Morgan fingerprint density at radius 1 is 1.00 bits per heavy atom. The van der Waals surface area contributed by atoms with E-state index in [4.69, 9.17) is 0 Å². The standard InChI is InChI=1S/C24H29N4OP/c1-24(2)17-21-23(22(18-24)27-15-9-10-16-27)30(29,26-19-11-5-3-6-12-19)28(25-21)20-13-7-4-8-14-20/h3-8,11-14,17,25H,9-10,15-16,18H2,1-2H3,(H,26,29)/p+1/t30-/m0/s1. The van der Waals surface area contributed by atoms with E-state index >= 15 is 0 Å². The molecule has 0 unspecified atom stereocenters. The third-order valence-corrected chi connectivity index (χ3v) is 8.78. The van der Waals surface area contributed by atoms with E-state index in [1.807, 2.05) is 65.4 Å². The van der Waals surface area contributed by atoms with Crippen molar-refractivity contribution in [3.63, 3.8) is 0 Å². The lowest BCUT2D eigenvalue weighted by molar-refractivity contribution is -0.849. The van der Waals surface area contributed by atoms with Crippen molar-refractivity contribution >= 4 is 18.8 Å². The Balaban J connectivity index is 1.69. The summed E-state index contributed by atoms with van der Waals surface area (Å²) in [6, 6.07) is 19.9. The number of hydrazine groups is 1. The van der Waals surface area contributed by atoms with E-state index in [2.05, 4.69) is 30.4 Å². The van der Waals surface area contributed by atoms with Gasteiger partial charge in [0.05, 0.1) is 24.5 Å². The number of para-hydroxylation sites is 2. The maximum atomic E-state index is 14.9. The van der Waals surface area contributed by atoms with Crippen molar-refractivity contribution in [3.05, 3.63) is 83.4 Å². The zero-order valence-electron chi connectivity index (χ0n) is 17.7. The Hall–Kier alpha value is -2.49. The van der Waals surface area contributed by atoms with Gasteiger partial charge < -0.3 is 9.99 Å². The summed E-state index contributed by atoms with van der Waals surface area (Å²) < 4.78 is 16.8. The van der Waals surface area contributed by atoms with Crippen molar-refractivity contribution in [2.24, 2.45) is 5.41 Å². The summed E-state index contributed by atoms with van der Waals surface area (Å²) in [4.78, 5) is 1.50. The molecule has 2 fully saturated rings. The second-order valence-electron chi connectivity index (χ2n) is 9.17. The van der Waals surface area contributed by atoms with Gasteiger partial charge in [-0.05, 0) is 29.7 Å². The van der Waals surface area contributed by atoms with E-state index in [1.54, 1.807) is 0 Å². The van der Waals surface area contributed by atoms with Crippen molar-refractivity contribution in [2.75, 3.05) is 23.0 Å². The normalized spacial score (nSPS) is 25.7. The Bertz CT molecular complexity index is 1040. The number of hydrogen-bond acceptors (Lipinski definition) is 2. The van der Waals surface area contributed by atoms with Crippen LogP contribution in [0.5, 0.6) is 0 Å². The lowest BCUT2D eigenvalue weighted by Crippen LogP contribution is -3.08. The number of nitrogens with zero attached hydrogens (tertiary/aromatic N) is 1. The highest BCUT2D eigenvalue weighted by Gasteiger charge is 2.51. The summed E-state index contributed by atoms with van der Waals surface area (Å²) in [7, 11) is -3.16. The molecule has 2 heterocycles. The third-order valence-electron chi connectivity index (χ3n) is 6.21. The number of nitrogens with one attached hydrogen (secondary N) is 3. The van der Waals surface area contributed by atoms with Crippen molar-refractivity contribution in [2.45, 2.75) is 33.1 Å². The van der Waals surface area contributed by atoms with Crippen LogP contribution in [0.3, 0.4) is 0 Å². The third kappa shape index (κ3) is 3.36. The van der Waals surface area contributed by atoms with Crippen LogP contribution in [0.15, 0.2) is 83.4 Å². The van der Waals surface area contributed by atoms with E-state index < -0.39 is 7.44 Å². The number of fused-ring (bicyclic) bond motifs is 1. The molecule has 1 atom stereocenters. The molecule has 0 spiro atoms. The number of anilines is 2. The Labute approximate surface area is 178 Å². The van der Waals surface area contributed by atoms with E-state index in [0.29, 0.717) is 0 Å². The molecule has 2 aromatic rings. The molecule has 0 aromatic heterocycles. The molecular weight excluding hydrogens is 391 g/mol. The van der Waals surface area contributed by atoms with E-state index in [-0.39, 0.29) is 5.41 Å². The molecule has 2 aromatic carbocycles. The molecule has 2 saturated heterocycles. The van der Waals surface area contributed by atoms with Crippen molar-refractivity contribution in [1.29, 1.82) is 0 Å². The summed E-state index contributed by atoms with van der Waals surface area (Å²) in [5.41, 5.74) is 7.64. The van der Waals surface area contributed by atoms with Gasteiger partial charge in [0, 0.05) is 24.9 Å². The van der Waals surface area contributed by atoms with Gasteiger partial charge in [0.1, 0.15) is 11.0 Å². The van der Waals surface area contributed by atoms with Crippen LogP contribution in [0.2, 0.25) is 0 Å². The quantitative estimate of drug-likeness (QED) is 0.636. The zero-order chi connectivity index (χ0) is 20.8. The molecule has 0 saturated carbocycles. The van der Waals surface area contributed by atoms with E-state index in [9.17, 15) is 4.57 Å². The van der Waals surface area contributed by atoms with Crippen LogP contribution < -0.4 is 20.2 Å². The Morgan fingerprint density at radius 3 is 2.30 bits per heavy atom. The molecule has 5 nitrogen and oxygen atoms in total. The number of hydrogen-bond donors (Lipinski definition) is 3. The van der Waals surface area contributed by atoms with Crippen LogP contribution in [0.1, 0.15) is 33.1 Å². The van der Waals surface area contributed by atoms with Crippen molar-refractivity contribution < 1.29 is 9.46 Å². The predicted octanol–water partition coefficient (Wildman–Crippen LogP) is 4.52. The summed E-state index contributed by atoms with van der Waals surface area (Å²) in [6.45, 7) is 6.79. The number of benzene rings is 2. The highest BCUT2D eigenvalue weighted by atomic mass is 31.2. The minimum atomic E-state index is -3.16. The van der Waals surface area contributed by atoms with E-state index in [1.165, 1.54) is 23.4 Å². The molecule has 0 radical (unpaired) electrons. The van der Waals surface area contributed by atoms with Crippen LogP contribution in [-0.4, -0.2) is 13.1 Å². The van der Waals surface area contributed by atoms with Gasteiger partial charge in [-0.15, -0.1) is 0 Å². The fourth-order valence-corrected chi connectivity index (χ4v) is 7.58. The van der Waals surface area contributed by atoms with Crippen LogP contribution in [0.25, 0.3) is 0 Å².